The van der Waals surface area contributed by atoms with Gasteiger partial charge in [0.15, 0.2) is 11.3 Å². The van der Waals surface area contributed by atoms with Crippen LogP contribution in [-0.2, 0) is 4.79 Å². The maximum atomic E-state index is 12.9. The average molecular weight is 459 g/mol. The number of carbonyl (C=O) groups excluding carboxylic acids is 1. The Labute approximate surface area is 194 Å². The van der Waals surface area contributed by atoms with Crippen molar-refractivity contribution in [3.63, 3.8) is 0 Å². The molecule has 1 amide bonds. The van der Waals surface area contributed by atoms with E-state index < -0.39 is 5.91 Å². The SMILES string of the molecule is N=C1/C(=C/c2coc3ccccc3c2=O)C(=O)N=C2SC(C34CC5CC(CC(C5)C3)C4)=NN12. The van der Waals surface area contributed by atoms with Gasteiger partial charge in [-0.3, -0.25) is 15.0 Å². The monoisotopic (exact) mass is 458 g/mol. The van der Waals surface area contributed by atoms with Crippen molar-refractivity contribution in [2.45, 2.75) is 38.5 Å². The highest BCUT2D eigenvalue weighted by Crippen LogP contribution is 2.62. The summed E-state index contributed by atoms with van der Waals surface area (Å²) >= 11 is 1.46. The maximum absolute atomic E-state index is 12.9. The van der Waals surface area contributed by atoms with Crippen molar-refractivity contribution in [1.82, 2.24) is 5.01 Å². The molecule has 4 saturated carbocycles. The lowest BCUT2D eigenvalue weighted by Crippen LogP contribution is -2.49. The van der Waals surface area contributed by atoms with E-state index in [-0.39, 0.29) is 27.8 Å². The molecule has 1 aromatic heterocycles. The van der Waals surface area contributed by atoms with E-state index in [4.69, 9.17) is 14.9 Å². The summed E-state index contributed by atoms with van der Waals surface area (Å²) in [5.74, 6) is 1.78. The molecule has 8 heteroatoms. The van der Waals surface area contributed by atoms with Crippen LogP contribution in [0.5, 0.6) is 0 Å². The number of aliphatic imine (C=N–C) groups is 1. The number of carbonyl (C=O) groups is 1. The van der Waals surface area contributed by atoms with Crippen LogP contribution in [0.2, 0.25) is 0 Å². The molecule has 1 N–H and O–H groups in total. The lowest BCUT2D eigenvalue weighted by molar-refractivity contribution is -0.114. The molecular formula is C25H22N4O3S. The van der Waals surface area contributed by atoms with E-state index in [1.807, 2.05) is 0 Å². The third-order valence-electron chi connectivity index (χ3n) is 7.95. The minimum atomic E-state index is -0.520. The van der Waals surface area contributed by atoms with Gasteiger partial charge in [-0.2, -0.15) is 15.1 Å². The van der Waals surface area contributed by atoms with Gasteiger partial charge in [0.1, 0.15) is 16.9 Å². The number of amidine groups is 2. The zero-order valence-electron chi connectivity index (χ0n) is 17.9. The van der Waals surface area contributed by atoms with Crippen molar-refractivity contribution in [3.05, 3.63) is 51.9 Å². The van der Waals surface area contributed by atoms with Gasteiger partial charge in [-0.1, -0.05) is 12.1 Å². The molecular weight excluding hydrogens is 436 g/mol. The van der Waals surface area contributed by atoms with Gasteiger partial charge in [-0.15, -0.1) is 0 Å². The summed E-state index contributed by atoms with van der Waals surface area (Å²) in [6.07, 6.45) is 10.3. The second-order valence-corrected chi connectivity index (χ2v) is 11.1. The molecule has 2 aliphatic heterocycles. The molecule has 8 rings (SSSR count). The van der Waals surface area contributed by atoms with Crippen molar-refractivity contribution < 1.29 is 9.21 Å². The van der Waals surface area contributed by atoms with Crippen LogP contribution in [0.3, 0.4) is 0 Å². The Morgan fingerprint density at radius 3 is 2.52 bits per heavy atom. The van der Waals surface area contributed by atoms with E-state index in [1.54, 1.807) is 24.3 Å². The Kier molecular flexibility index (Phi) is 3.99. The van der Waals surface area contributed by atoms with E-state index in [2.05, 4.69) is 4.99 Å². The van der Waals surface area contributed by atoms with Crippen LogP contribution >= 0.6 is 11.8 Å². The quantitative estimate of drug-likeness (QED) is 0.662. The van der Waals surface area contributed by atoms with E-state index in [1.165, 1.54) is 48.4 Å². The van der Waals surface area contributed by atoms with E-state index in [0.717, 1.165) is 42.1 Å². The Bertz CT molecular complexity index is 1370. The summed E-state index contributed by atoms with van der Waals surface area (Å²) in [6, 6.07) is 6.97. The predicted molar refractivity (Wildman–Crippen MR) is 128 cm³/mol. The first-order chi connectivity index (χ1) is 16.0. The van der Waals surface area contributed by atoms with E-state index in [0.29, 0.717) is 16.1 Å². The molecule has 6 aliphatic rings. The Morgan fingerprint density at radius 1 is 1.09 bits per heavy atom. The standard InChI is InChI=1S/C25H22N4O3S/c26-21-18(8-16-12-32-19-4-2-1-3-17(19)20(16)30)22(31)27-24-29(21)28-23(33-24)25-9-13-5-14(10-25)7-15(6-13)11-25/h1-4,8,12-15,26H,5-7,9-11H2/b18-8-,26-21?. The molecule has 4 aliphatic carbocycles. The molecule has 2 aromatic rings. The lowest BCUT2D eigenvalue weighted by atomic mass is 9.50. The molecule has 3 heterocycles. The molecule has 4 bridgehead atoms. The zero-order valence-corrected chi connectivity index (χ0v) is 18.7. The molecule has 166 valence electrons. The number of benzene rings is 1. The van der Waals surface area contributed by atoms with Gasteiger partial charge in [0, 0.05) is 5.41 Å². The van der Waals surface area contributed by atoms with Crippen LogP contribution in [-0.4, -0.2) is 27.0 Å². The zero-order chi connectivity index (χ0) is 22.3. The van der Waals surface area contributed by atoms with Crippen molar-refractivity contribution >= 4 is 50.8 Å². The number of nitrogens with zero attached hydrogens (tertiary/aromatic N) is 3. The predicted octanol–water partition coefficient (Wildman–Crippen LogP) is 4.63. The number of para-hydroxylation sites is 1. The summed E-state index contributed by atoms with van der Waals surface area (Å²) in [5, 5.41) is 16.9. The van der Waals surface area contributed by atoms with Gasteiger partial charge in [0.25, 0.3) is 5.91 Å². The van der Waals surface area contributed by atoms with Crippen molar-refractivity contribution in [2.24, 2.45) is 33.3 Å². The highest BCUT2D eigenvalue weighted by atomic mass is 32.2. The molecule has 0 radical (unpaired) electrons. The van der Waals surface area contributed by atoms with Gasteiger partial charge in [0.2, 0.25) is 5.17 Å². The summed E-state index contributed by atoms with van der Waals surface area (Å²) in [4.78, 5) is 30.0. The second kappa shape index (κ2) is 6.76. The molecule has 0 unspecified atom stereocenters. The van der Waals surface area contributed by atoms with Gasteiger partial charge in [0.05, 0.1) is 16.5 Å². The summed E-state index contributed by atoms with van der Waals surface area (Å²) in [5.41, 5.74) is 0.588. The fourth-order valence-electron chi connectivity index (χ4n) is 6.93. The molecule has 0 spiro atoms. The fraction of sp³-hybridized carbons (Fsp3) is 0.400. The fourth-order valence-corrected chi connectivity index (χ4v) is 8.04. The highest BCUT2D eigenvalue weighted by Gasteiger charge is 2.55. The van der Waals surface area contributed by atoms with E-state index in [9.17, 15) is 9.59 Å². The van der Waals surface area contributed by atoms with E-state index >= 15 is 0 Å². The van der Waals surface area contributed by atoms with Crippen LogP contribution < -0.4 is 5.43 Å². The van der Waals surface area contributed by atoms with Crippen LogP contribution in [0.15, 0.2) is 55.4 Å². The van der Waals surface area contributed by atoms with Crippen LogP contribution in [0.25, 0.3) is 17.0 Å². The summed E-state index contributed by atoms with van der Waals surface area (Å²) in [7, 11) is 0. The maximum Gasteiger partial charge on any atom is 0.283 e. The van der Waals surface area contributed by atoms with Crippen LogP contribution in [0.4, 0.5) is 0 Å². The Hall–Kier alpha value is -3.00. The number of hydrogen-bond acceptors (Lipinski definition) is 6. The van der Waals surface area contributed by atoms with Gasteiger partial charge in [-0.05, 0) is 86.2 Å². The van der Waals surface area contributed by atoms with Crippen molar-refractivity contribution in [3.8, 4) is 0 Å². The van der Waals surface area contributed by atoms with Gasteiger partial charge >= 0.3 is 0 Å². The number of thioether (sulfide) groups is 1. The molecule has 7 nitrogen and oxygen atoms in total. The smallest absolute Gasteiger partial charge is 0.283 e. The lowest BCUT2D eigenvalue weighted by Gasteiger charge is -2.56. The highest BCUT2D eigenvalue weighted by molar-refractivity contribution is 8.27. The number of fused-ring (bicyclic) bond motifs is 2. The van der Waals surface area contributed by atoms with Gasteiger partial charge in [-0.25, -0.2) is 0 Å². The molecule has 33 heavy (non-hydrogen) atoms. The number of nitrogens with one attached hydrogen (secondary N) is 1. The normalized spacial score (nSPS) is 33.6. The molecule has 0 atom stereocenters. The number of rotatable bonds is 2. The molecule has 0 saturated heterocycles. The third kappa shape index (κ3) is 2.86. The first-order valence-corrected chi connectivity index (χ1v) is 12.3. The topological polar surface area (TPSA) is 99.1 Å². The minimum absolute atomic E-state index is 0.0372. The average Bonchev–Trinajstić information content (AvgIpc) is 3.22. The van der Waals surface area contributed by atoms with Gasteiger partial charge < -0.3 is 4.42 Å². The van der Waals surface area contributed by atoms with Crippen molar-refractivity contribution in [2.75, 3.05) is 0 Å². The summed E-state index contributed by atoms with van der Waals surface area (Å²) < 4.78 is 5.57. The Morgan fingerprint density at radius 2 is 1.79 bits per heavy atom. The first-order valence-electron chi connectivity index (χ1n) is 11.5. The number of hydrazone groups is 1. The van der Waals surface area contributed by atoms with Crippen molar-refractivity contribution in [1.29, 1.82) is 5.41 Å². The third-order valence-corrected chi connectivity index (χ3v) is 9.11. The largest absolute Gasteiger partial charge is 0.463 e. The van der Waals surface area contributed by atoms with Crippen LogP contribution in [0.1, 0.15) is 44.1 Å². The number of hydrogen-bond donors (Lipinski definition) is 1. The Balaban J connectivity index is 1.25. The first kappa shape index (κ1) is 19.5. The molecule has 4 fully saturated rings. The second-order valence-electron chi connectivity index (χ2n) is 10.1. The number of amides is 1. The minimum Gasteiger partial charge on any atom is -0.463 e. The summed E-state index contributed by atoms with van der Waals surface area (Å²) in [6.45, 7) is 0. The van der Waals surface area contributed by atoms with Crippen LogP contribution in [0, 0.1) is 28.6 Å². The molecule has 1 aromatic carbocycles.